The molecule has 0 heterocycles. The van der Waals surface area contributed by atoms with Gasteiger partial charge in [-0.25, -0.2) is 0 Å². The SMILES string of the molecule is Cc1ccc(C2=CC(c3ccc(Cl)c(Cl)c3)C(C#N)(C#N)C(N)=C2C#N)c(C)c1. The van der Waals surface area contributed by atoms with Gasteiger partial charge in [0.15, 0.2) is 5.41 Å². The summed E-state index contributed by atoms with van der Waals surface area (Å²) in [7, 11) is 0. The Labute approximate surface area is 179 Å². The van der Waals surface area contributed by atoms with Crippen molar-refractivity contribution in [2.45, 2.75) is 19.8 Å². The molecule has 3 rings (SSSR count). The Hall–Kier alpha value is -3.23. The van der Waals surface area contributed by atoms with Crippen LogP contribution >= 0.6 is 23.2 Å². The minimum absolute atomic E-state index is 0.0569. The summed E-state index contributed by atoms with van der Waals surface area (Å²) in [5.74, 6) is -0.722. The standard InChI is InChI=1S/C23H16Cl2N4/c1-13-3-5-16(14(2)7-13)17-9-19(15-4-6-20(24)21(25)8-15)23(11-27,12-28)22(29)18(17)10-26/h3-9,19H,29H2,1-2H3. The Morgan fingerprint density at radius 2 is 1.66 bits per heavy atom. The molecule has 29 heavy (non-hydrogen) atoms. The average molecular weight is 419 g/mol. The number of hydrogen-bond donors (Lipinski definition) is 1. The van der Waals surface area contributed by atoms with Crippen LogP contribution in [0.1, 0.15) is 28.2 Å². The number of benzene rings is 2. The van der Waals surface area contributed by atoms with E-state index in [2.05, 4.69) is 6.07 Å². The molecule has 1 aliphatic rings. The van der Waals surface area contributed by atoms with Crippen molar-refractivity contribution in [3.05, 3.63) is 86.0 Å². The fraction of sp³-hybridized carbons (Fsp3) is 0.174. The van der Waals surface area contributed by atoms with E-state index >= 15 is 0 Å². The molecule has 1 atom stereocenters. The molecule has 0 amide bonds. The van der Waals surface area contributed by atoms with Gasteiger partial charge in [-0.3, -0.25) is 0 Å². The van der Waals surface area contributed by atoms with E-state index in [1.54, 1.807) is 24.3 Å². The van der Waals surface area contributed by atoms with Crippen LogP contribution in [0.5, 0.6) is 0 Å². The average Bonchev–Trinajstić information content (AvgIpc) is 2.70. The maximum Gasteiger partial charge on any atom is 0.194 e. The van der Waals surface area contributed by atoms with Crippen LogP contribution in [0.4, 0.5) is 0 Å². The second kappa shape index (κ2) is 7.65. The molecule has 2 aromatic carbocycles. The first-order valence-electron chi connectivity index (χ1n) is 8.76. The van der Waals surface area contributed by atoms with Gasteiger partial charge in [0, 0.05) is 5.92 Å². The zero-order valence-electron chi connectivity index (χ0n) is 15.8. The van der Waals surface area contributed by atoms with Crippen LogP contribution in [-0.2, 0) is 0 Å². The Bertz CT molecular complexity index is 1190. The van der Waals surface area contributed by atoms with Gasteiger partial charge >= 0.3 is 0 Å². The first-order valence-corrected chi connectivity index (χ1v) is 9.52. The van der Waals surface area contributed by atoms with Gasteiger partial charge in [0.2, 0.25) is 0 Å². The lowest BCUT2D eigenvalue weighted by Gasteiger charge is -2.33. The third-order valence-electron chi connectivity index (χ3n) is 5.20. The van der Waals surface area contributed by atoms with Crippen molar-refractivity contribution >= 4 is 28.8 Å². The van der Waals surface area contributed by atoms with Crippen LogP contribution in [0.2, 0.25) is 10.0 Å². The summed E-state index contributed by atoms with van der Waals surface area (Å²) in [6.07, 6.45) is 1.76. The van der Waals surface area contributed by atoms with Crippen LogP contribution < -0.4 is 5.73 Å². The summed E-state index contributed by atoms with van der Waals surface area (Å²) in [6.45, 7) is 3.93. The van der Waals surface area contributed by atoms with E-state index in [0.717, 1.165) is 16.7 Å². The molecule has 142 valence electrons. The molecule has 0 radical (unpaired) electrons. The second-order valence-corrected chi connectivity index (χ2v) is 7.80. The first-order chi connectivity index (χ1) is 13.8. The molecule has 0 saturated heterocycles. The largest absolute Gasteiger partial charge is 0.399 e. The third-order valence-corrected chi connectivity index (χ3v) is 5.94. The van der Waals surface area contributed by atoms with Gasteiger partial charge in [0.05, 0.1) is 33.5 Å². The Balaban J connectivity index is 2.35. The third kappa shape index (κ3) is 3.26. The molecule has 0 bridgehead atoms. The maximum atomic E-state index is 9.94. The number of allylic oxidation sites excluding steroid dienone is 4. The molecule has 0 aromatic heterocycles. The van der Waals surface area contributed by atoms with Crippen LogP contribution in [0, 0.1) is 53.3 Å². The summed E-state index contributed by atoms with van der Waals surface area (Å²) in [5.41, 5.74) is 8.74. The fourth-order valence-corrected chi connectivity index (χ4v) is 3.99. The number of aryl methyl sites for hydroxylation is 2. The number of rotatable bonds is 2. The Morgan fingerprint density at radius 3 is 2.21 bits per heavy atom. The molecule has 1 unspecified atom stereocenters. The van der Waals surface area contributed by atoms with Gasteiger partial charge in [-0.05, 0) is 48.2 Å². The first kappa shape index (κ1) is 20.5. The summed E-state index contributed by atoms with van der Waals surface area (Å²) >= 11 is 12.2. The molecule has 0 spiro atoms. The van der Waals surface area contributed by atoms with Gasteiger partial charge in [0.25, 0.3) is 0 Å². The highest BCUT2D eigenvalue weighted by Crippen LogP contribution is 2.49. The summed E-state index contributed by atoms with van der Waals surface area (Å²) in [4.78, 5) is 0. The normalized spacial score (nSPS) is 17.7. The van der Waals surface area contributed by atoms with Crippen molar-refractivity contribution in [2.24, 2.45) is 11.1 Å². The van der Waals surface area contributed by atoms with Crippen LogP contribution in [0.15, 0.2) is 53.7 Å². The van der Waals surface area contributed by atoms with E-state index < -0.39 is 11.3 Å². The highest BCUT2D eigenvalue weighted by atomic mass is 35.5. The minimum Gasteiger partial charge on any atom is -0.399 e. The predicted octanol–water partition coefficient (Wildman–Crippen LogP) is 5.56. The van der Waals surface area contributed by atoms with E-state index in [4.69, 9.17) is 28.9 Å². The smallest absolute Gasteiger partial charge is 0.194 e. The van der Waals surface area contributed by atoms with Crippen molar-refractivity contribution < 1.29 is 0 Å². The van der Waals surface area contributed by atoms with E-state index in [-0.39, 0.29) is 11.3 Å². The lowest BCUT2D eigenvalue weighted by atomic mass is 9.65. The van der Waals surface area contributed by atoms with Crippen molar-refractivity contribution in [3.63, 3.8) is 0 Å². The number of hydrogen-bond acceptors (Lipinski definition) is 4. The molecule has 6 heteroatoms. The van der Waals surface area contributed by atoms with E-state index in [9.17, 15) is 15.8 Å². The molecule has 2 N–H and O–H groups in total. The molecule has 0 saturated carbocycles. The van der Waals surface area contributed by atoms with E-state index in [0.29, 0.717) is 21.2 Å². The lowest BCUT2D eigenvalue weighted by Crippen LogP contribution is -2.35. The zero-order chi connectivity index (χ0) is 21.3. The van der Waals surface area contributed by atoms with Crippen LogP contribution in [0.3, 0.4) is 0 Å². The molecule has 0 aliphatic heterocycles. The predicted molar refractivity (Wildman–Crippen MR) is 114 cm³/mol. The molecular formula is C23H16Cl2N4. The number of halogens is 2. The minimum atomic E-state index is -1.73. The van der Waals surface area contributed by atoms with Gasteiger partial charge in [-0.2, -0.15) is 15.8 Å². The summed E-state index contributed by atoms with van der Waals surface area (Å²) in [6, 6.07) is 17.0. The quantitative estimate of drug-likeness (QED) is 0.689. The highest BCUT2D eigenvalue weighted by Gasteiger charge is 2.47. The van der Waals surface area contributed by atoms with Gasteiger partial charge in [-0.1, -0.05) is 59.1 Å². The van der Waals surface area contributed by atoms with Gasteiger partial charge in [-0.15, -0.1) is 0 Å². The molecule has 0 fully saturated rings. The monoisotopic (exact) mass is 418 g/mol. The fourth-order valence-electron chi connectivity index (χ4n) is 3.68. The van der Waals surface area contributed by atoms with Gasteiger partial charge < -0.3 is 5.73 Å². The topological polar surface area (TPSA) is 97.4 Å². The van der Waals surface area contributed by atoms with Gasteiger partial charge in [0.1, 0.15) is 6.07 Å². The van der Waals surface area contributed by atoms with Crippen LogP contribution in [0.25, 0.3) is 5.57 Å². The second-order valence-electron chi connectivity index (χ2n) is 6.98. The molecular weight excluding hydrogens is 403 g/mol. The Morgan fingerprint density at radius 1 is 0.966 bits per heavy atom. The lowest BCUT2D eigenvalue weighted by molar-refractivity contribution is 0.534. The van der Waals surface area contributed by atoms with Crippen LogP contribution in [-0.4, -0.2) is 0 Å². The maximum absolute atomic E-state index is 9.94. The summed E-state index contributed by atoms with van der Waals surface area (Å²) < 4.78 is 0. The molecule has 2 aromatic rings. The number of nitriles is 3. The molecule has 4 nitrogen and oxygen atoms in total. The Kier molecular flexibility index (Phi) is 5.41. The zero-order valence-corrected chi connectivity index (χ0v) is 17.3. The summed E-state index contributed by atoms with van der Waals surface area (Å²) in [5, 5.41) is 30.4. The molecule has 1 aliphatic carbocycles. The highest BCUT2D eigenvalue weighted by molar-refractivity contribution is 6.42. The number of nitrogens with two attached hydrogens (primary N) is 1. The van der Waals surface area contributed by atoms with Crippen molar-refractivity contribution in [1.82, 2.24) is 0 Å². The van der Waals surface area contributed by atoms with Crippen molar-refractivity contribution in [1.29, 1.82) is 15.8 Å². The van der Waals surface area contributed by atoms with E-state index in [1.165, 1.54) is 0 Å². The van der Waals surface area contributed by atoms with Crippen molar-refractivity contribution in [2.75, 3.05) is 0 Å². The van der Waals surface area contributed by atoms with Crippen molar-refractivity contribution in [3.8, 4) is 18.2 Å². The number of nitrogens with zero attached hydrogens (tertiary/aromatic N) is 3. The van der Waals surface area contributed by atoms with E-state index in [1.807, 2.05) is 44.2 Å².